The van der Waals surface area contributed by atoms with Gasteiger partial charge < -0.3 is 9.64 Å². The third-order valence-corrected chi connectivity index (χ3v) is 4.63. The Kier molecular flexibility index (Phi) is 4.16. The number of pyridine rings is 1. The zero-order chi connectivity index (χ0) is 15.7. The number of benzene rings is 1. The Morgan fingerprint density at radius 2 is 2.09 bits per heavy atom. The minimum Gasteiger partial charge on any atom is -0.496 e. The van der Waals surface area contributed by atoms with Gasteiger partial charge in [0.1, 0.15) is 17.6 Å². The molecule has 1 aromatic carbocycles. The van der Waals surface area contributed by atoms with Crippen molar-refractivity contribution < 1.29 is 4.74 Å². The van der Waals surface area contributed by atoms with Crippen molar-refractivity contribution >= 4 is 21.8 Å². The predicted octanol–water partition coefficient (Wildman–Crippen LogP) is 3.46. The van der Waals surface area contributed by atoms with Gasteiger partial charge in [0.15, 0.2) is 0 Å². The molecule has 0 fully saturated rings. The predicted molar refractivity (Wildman–Crippen MR) is 91.6 cm³/mol. The van der Waals surface area contributed by atoms with Crippen LogP contribution in [0.5, 0.6) is 5.75 Å². The lowest BCUT2D eigenvalue weighted by Crippen LogP contribution is -2.29. The smallest absolute Gasteiger partial charge is 0.124 e. The molecule has 0 spiro atoms. The molecule has 22 heavy (non-hydrogen) atoms. The lowest BCUT2D eigenvalue weighted by atomic mass is 9.90. The van der Waals surface area contributed by atoms with Crippen molar-refractivity contribution in [3.63, 3.8) is 0 Å². The quantitative estimate of drug-likeness (QED) is 0.823. The van der Waals surface area contributed by atoms with Crippen LogP contribution in [0.4, 0.5) is 0 Å². The second-order valence-corrected chi connectivity index (χ2v) is 6.30. The molecule has 0 amide bonds. The molecule has 0 N–H and O–H groups in total. The molecule has 1 aliphatic heterocycles. The highest BCUT2D eigenvalue weighted by molar-refractivity contribution is 9.10. The van der Waals surface area contributed by atoms with Gasteiger partial charge in [-0.1, -0.05) is 22.0 Å². The fourth-order valence-corrected chi connectivity index (χ4v) is 3.23. The summed E-state index contributed by atoms with van der Waals surface area (Å²) in [6.45, 7) is 0. The van der Waals surface area contributed by atoms with Crippen molar-refractivity contribution in [1.82, 2.24) is 9.88 Å². The van der Waals surface area contributed by atoms with Crippen molar-refractivity contribution in [2.75, 3.05) is 21.2 Å². The molecule has 3 rings (SSSR count). The van der Waals surface area contributed by atoms with E-state index in [2.05, 4.69) is 31.9 Å². The van der Waals surface area contributed by atoms with Gasteiger partial charge in [0, 0.05) is 42.9 Å². The third-order valence-electron chi connectivity index (χ3n) is 3.88. The van der Waals surface area contributed by atoms with E-state index in [4.69, 9.17) is 9.73 Å². The molecule has 0 aliphatic carbocycles. The lowest BCUT2D eigenvalue weighted by molar-refractivity contribution is 0.406. The first-order valence-electron chi connectivity index (χ1n) is 7.11. The van der Waals surface area contributed by atoms with Gasteiger partial charge in [-0.15, -0.1) is 0 Å². The first kappa shape index (κ1) is 15.0. The molecule has 4 nitrogen and oxygen atoms in total. The summed E-state index contributed by atoms with van der Waals surface area (Å²) in [4.78, 5) is 11.3. The van der Waals surface area contributed by atoms with Crippen LogP contribution in [0.25, 0.3) is 0 Å². The summed E-state index contributed by atoms with van der Waals surface area (Å²) >= 11 is 3.68. The van der Waals surface area contributed by atoms with Gasteiger partial charge in [0.2, 0.25) is 0 Å². The van der Waals surface area contributed by atoms with Gasteiger partial charge in [-0.3, -0.25) is 9.98 Å². The fraction of sp³-hybridized carbons (Fsp3) is 0.294. The van der Waals surface area contributed by atoms with E-state index >= 15 is 0 Å². The van der Waals surface area contributed by atoms with Crippen LogP contribution in [0.3, 0.4) is 0 Å². The van der Waals surface area contributed by atoms with Gasteiger partial charge in [0.25, 0.3) is 0 Å². The Balaban J connectivity index is 2.22. The summed E-state index contributed by atoms with van der Waals surface area (Å²) in [5, 5.41) is 0. The van der Waals surface area contributed by atoms with Crippen LogP contribution in [0.2, 0.25) is 0 Å². The average Bonchev–Trinajstić information content (AvgIpc) is 2.55. The van der Waals surface area contributed by atoms with E-state index in [0.29, 0.717) is 0 Å². The molecule has 1 unspecified atom stereocenters. The van der Waals surface area contributed by atoms with Gasteiger partial charge >= 0.3 is 0 Å². The van der Waals surface area contributed by atoms with Gasteiger partial charge in [-0.05, 0) is 29.3 Å². The standard InChI is InChI=1S/C17H18BrN3O/c1-21(2)15-9-12-13(18)6-7-14(22-3)16(12)17(20-15)11-5-4-8-19-10-11/h4-8,10,17H,9H2,1-3H3. The van der Waals surface area contributed by atoms with Crippen molar-refractivity contribution in [2.45, 2.75) is 12.5 Å². The number of rotatable bonds is 2. The maximum Gasteiger partial charge on any atom is 0.124 e. The molecular formula is C17H18BrN3O. The minimum absolute atomic E-state index is 0.0951. The van der Waals surface area contributed by atoms with Gasteiger partial charge in [-0.25, -0.2) is 0 Å². The first-order valence-corrected chi connectivity index (χ1v) is 7.90. The van der Waals surface area contributed by atoms with Crippen LogP contribution >= 0.6 is 15.9 Å². The number of hydrogen-bond acceptors (Lipinski definition) is 4. The van der Waals surface area contributed by atoms with Crippen LogP contribution in [0.1, 0.15) is 22.7 Å². The topological polar surface area (TPSA) is 37.7 Å². The van der Waals surface area contributed by atoms with Crippen LogP contribution < -0.4 is 4.74 Å². The number of fused-ring (bicyclic) bond motifs is 1. The highest BCUT2D eigenvalue weighted by atomic mass is 79.9. The maximum atomic E-state index is 5.59. The van der Waals surface area contributed by atoms with Crippen LogP contribution in [-0.2, 0) is 6.42 Å². The summed E-state index contributed by atoms with van der Waals surface area (Å²) < 4.78 is 6.68. The van der Waals surface area contributed by atoms with E-state index < -0.39 is 0 Å². The molecule has 0 bridgehead atoms. The molecule has 5 heteroatoms. The molecule has 114 valence electrons. The first-order chi connectivity index (χ1) is 10.6. The SMILES string of the molecule is COc1ccc(Br)c2c1C(c1cccnc1)N=C(N(C)C)C2. The molecule has 0 saturated carbocycles. The number of methoxy groups -OCH3 is 1. The molecule has 1 atom stereocenters. The van der Waals surface area contributed by atoms with E-state index in [9.17, 15) is 0 Å². The van der Waals surface area contributed by atoms with Gasteiger partial charge in [0.05, 0.1) is 7.11 Å². The number of hydrogen-bond donors (Lipinski definition) is 0. The Morgan fingerprint density at radius 3 is 2.73 bits per heavy atom. The molecule has 1 aliphatic rings. The van der Waals surface area contributed by atoms with Crippen molar-refractivity contribution in [1.29, 1.82) is 0 Å². The number of nitrogens with zero attached hydrogens (tertiary/aromatic N) is 3. The van der Waals surface area contributed by atoms with Crippen LogP contribution in [0, 0.1) is 0 Å². The zero-order valence-electron chi connectivity index (χ0n) is 12.9. The van der Waals surface area contributed by atoms with E-state index in [1.807, 2.05) is 38.5 Å². The second-order valence-electron chi connectivity index (χ2n) is 5.45. The molecule has 2 aromatic rings. The zero-order valence-corrected chi connectivity index (χ0v) is 14.5. The monoisotopic (exact) mass is 359 g/mol. The lowest BCUT2D eigenvalue weighted by Gasteiger charge is -2.29. The summed E-state index contributed by atoms with van der Waals surface area (Å²) in [5.41, 5.74) is 3.42. The number of aliphatic imine (C=N–C) groups is 1. The van der Waals surface area contributed by atoms with E-state index in [-0.39, 0.29) is 6.04 Å². The van der Waals surface area contributed by atoms with Crippen molar-refractivity contribution in [3.8, 4) is 5.75 Å². The number of ether oxygens (including phenoxy) is 1. The van der Waals surface area contributed by atoms with Crippen molar-refractivity contribution in [3.05, 3.63) is 57.8 Å². The normalized spacial score (nSPS) is 16.7. The fourth-order valence-electron chi connectivity index (χ4n) is 2.74. The Hall–Kier alpha value is -1.88. The minimum atomic E-state index is -0.0951. The molecule has 0 saturated heterocycles. The molecule has 2 heterocycles. The largest absolute Gasteiger partial charge is 0.496 e. The summed E-state index contributed by atoms with van der Waals surface area (Å²) in [6, 6.07) is 7.93. The Labute approximate surface area is 139 Å². The van der Waals surface area contributed by atoms with E-state index in [0.717, 1.165) is 33.6 Å². The number of aromatic nitrogens is 1. The van der Waals surface area contributed by atoms with Crippen LogP contribution in [-0.4, -0.2) is 36.9 Å². The maximum absolute atomic E-state index is 5.59. The molecule has 1 aromatic heterocycles. The number of halogens is 1. The molecular weight excluding hydrogens is 342 g/mol. The Bertz CT molecular complexity index is 713. The van der Waals surface area contributed by atoms with Crippen LogP contribution in [0.15, 0.2) is 46.1 Å². The van der Waals surface area contributed by atoms with Crippen molar-refractivity contribution in [2.24, 2.45) is 4.99 Å². The highest BCUT2D eigenvalue weighted by Gasteiger charge is 2.29. The highest BCUT2D eigenvalue weighted by Crippen LogP contribution is 2.41. The summed E-state index contributed by atoms with van der Waals surface area (Å²) in [6.07, 6.45) is 4.44. The number of likely N-dealkylation sites (N-methyl/N-ethyl adjacent to an activating group) is 1. The summed E-state index contributed by atoms with van der Waals surface area (Å²) in [7, 11) is 5.76. The van der Waals surface area contributed by atoms with Gasteiger partial charge in [-0.2, -0.15) is 0 Å². The third kappa shape index (κ3) is 2.61. The summed E-state index contributed by atoms with van der Waals surface area (Å²) in [5.74, 6) is 1.92. The van der Waals surface area contributed by atoms with E-state index in [1.165, 1.54) is 5.56 Å². The molecule has 0 radical (unpaired) electrons. The number of amidine groups is 1. The Morgan fingerprint density at radius 1 is 1.27 bits per heavy atom. The average molecular weight is 360 g/mol. The van der Waals surface area contributed by atoms with E-state index in [1.54, 1.807) is 13.3 Å². The second kappa shape index (κ2) is 6.08.